The van der Waals surface area contributed by atoms with Gasteiger partial charge in [0.2, 0.25) is 0 Å². The van der Waals surface area contributed by atoms with Gasteiger partial charge in [-0.25, -0.2) is 4.79 Å². The Hall–Kier alpha value is -3.46. The first kappa shape index (κ1) is 20.3. The molecule has 0 aromatic heterocycles. The van der Waals surface area contributed by atoms with Gasteiger partial charge < -0.3 is 19.3 Å². The number of nitro groups is 1. The number of non-ortho nitro benzene ring substituents is 1. The van der Waals surface area contributed by atoms with E-state index in [2.05, 4.69) is 0 Å². The first-order chi connectivity index (χ1) is 14.0. The number of hydrogen-bond acceptors (Lipinski definition) is 7. The molecule has 2 aromatic rings. The number of esters is 1. The fourth-order valence-electron chi connectivity index (χ4n) is 2.98. The van der Waals surface area contributed by atoms with Gasteiger partial charge in [-0.1, -0.05) is 18.2 Å². The van der Waals surface area contributed by atoms with Gasteiger partial charge >= 0.3 is 5.97 Å². The molecule has 9 heteroatoms. The molecular formula is C20H21N3O6. The third kappa shape index (κ3) is 4.88. The molecular weight excluding hydrogens is 378 g/mol. The predicted molar refractivity (Wildman–Crippen MR) is 106 cm³/mol. The van der Waals surface area contributed by atoms with Crippen LogP contribution in [0.5, 0.6) is 0 Å². The fourth-order valence-corrected chi connectivity index (χ4v) is 2.98. The number of benzene rings is 2. The Morgan fingerprint density at radius 1 is 1.17 bits per heavy atom. The number of likely N-dealkylation sites (N-methyl/N-ethyl adjacent to an activating group) is 1. The Morgan fingerprint density at radius 3 is 2.52 bits per heavy atom. The van der Waals surface area contributed by atoms with Crippen molar-refractivity contribution in [1.29, 1.82) is 0 Å². The van der Waals surface area contributed by atoms with Gasteiger partial charge in [-0.2, -0.15) is 0 Å². The van der Waals surface area contributed by atoms with Gasteiger partial charge in [0.1, 0.15) is 0 Å². The van der Waals surface area contributed by atoms with E-state index in [1.54, 1.807) is 31.3 Å². The number of nitro benzene ring substituents is 1. The number of morpholine rings is 1. The summed E-state index contributed by atoms with van der Waals surface area (Å²) in [6.07, 6.45) is 0. The second-order valence-corrected chi connectivity index (χ2v) is 6.42. The molecule has 1 fully saturated rings. The van der Waals surface area contributed by atoms with E-state index in [0.29, 0.717) is 37.7 Å². The molecule has 1 heterocycles. The molecule has 0 unspecified atom stereocenters. The van der Waals surface area contributed by atoms with Crippen LogP contribution in [0, 0.1) is 10.1 Å². The summed E-state index contributed by atoms with van der Waals surface area (Å²) in [6.45, 7) is 1.61. The minimum Gasteiger partial charge on any atom is -0.452 e. The Bertz CT molecular complexity index is 896. The van der Waals surface area contributed by atoms with Gasteiger partial charge in [0.05, 0.1) is 29.4 Å². The summed E-state index contributed by atoms with van der Waals surface area (Å²) in [6, 6.07) is 13.0. The molecule has 0 bridgehead atoms. The normalized spacial score (nSPS) is 13.6. The highest BCUT2D eigenvalue weighted by molar-refractivity contribution is 5.99. The van der Waals surface area contributed by atoms with Gasteiger partial charge in [0, 0.05) is 38.0 Å². The quantitative estimate of drug-likeness (QED) is 0.417. The molecule has 9 nitrogen and oxygen atoms in total. The summed E-state index contributed by atoms with van der Waals surface area (Å²) in [4.78, 5) is 38.9. The van der Waals surface area contributed by atoms with Crippen LogP contribution in [0.25, 0.3) is 0 Å². The van der Waals surface area contributed by atoms with Crippen molar-refractivity contribution in [3.63, 3.8) is 0 Å². The Labute approximate surface area is 167 Å². The summed E-state index contributed by atoms with van der Waals surface area (Å²) < 4.78 is 10.5. The van der Waals surface area contributed by atoms with E-state index in [4.69, 9.17) is 9.47 Å². The highest BCUT2D eigenvalue weighted by atomic mass is 16.6. The lowest BCUT2D eigenvalue weighted by molar-refractivity contribution is -0.384. The smallest absolute Gasteiger partial charge is 0.341 e. The van der Waals surface area contributed by atoms with E-state index in [1.807, 2.05) is 11.0 Å². The van der Waals surface area contributed by atoms with Crippen molar-refractivity contribution in [3.8, 4) is 0 Å². The monoisotopic (exact) mass is 399 g/mol. The summed E-state index contributed by atoms with van der Waals surface area (Å²) in [7, 11) is 1.58. The van der Waals surface area contributed by atoms with Gasteiger partial charge in [0.25, 0.3) is 11.6 Å². The van der Waals surface area contributed by atoms with E-state index < -0.39 is 23.4 Å². The van der Waals surface area contributed by atoms with Crippen LogP contribution in [0.4, 0.5) is 17.1 Å². The van der Waals surface area contributed by atoms with E-state index in [-0.39, 0.29) is 11.3 Å². The van der Waals surface area contributed by atoms with E-state index in [9.17, 15) is 19.7 Å². The Balaban J connectivity index is 1.75. The molecule has 152 valence electrons. The molecule has 0 aliphatic carbocycles. The Morgan fingerprint density at radius 2 is 1.86 bits per heavy atom. The molecule has 0 spiro atoms. The number of anilines is 2. The highest BCUT2D eigenvalue weighted by Gasteiger charge is 2.24. The zero-order chi connectivity index (χ0) is 20.8. The number of carbonyl (C=O) groups excluding carboxylic acids is 2. The maximum atomic E-state index is 12.7. The molecule has 1 saturated heterocycles. The van der Waals surface area contributed by atoms with Crippen LogP contribution in [-0.4, -0.2) is 56.8 Å². The third-order valence-corrected chi connectivity index (χ3v) is 4.61. The SMILES string of the molecule is CN(C(=O)COC(=O)c1cc([N+](=O)[O-])ccc1N1CCOCC1)c1ccccc1. The van der Waals surface area contributed by atoms with Crippen LogP contribution in [0.1, 0.15) is 10.4 Å². The summed E-state index contributed by atoms with van der Waals surface area (Å²) >= 11 is 0. The largest absolute Gasteiger partial charge is 0.452 e. The van der Waals surface area contributed by atoms with Crippen molar-refractivity contribution >= 4 is 28.9 Å². The number of hydrogen-bond donors (Lipinski definition) is 0. The average molecular weight is 399 g/mol. The van der Waals surface area contributed by atoms with Crippen LogP contribution in [-0.2, 0) is 14.3 Å². The lowest BCUT2D eigenvalue weighted by atomic mass is 10.1. The maximum Gasteiger partial charge on any atom is 0.341 e. The average Bonchev–Trinajstić information content (AvgIpc) is 2.77. The maximum absolute atomic E-state index is 12.7. The lowest BCUT2D eigenvalue weighted by Gasteiger charge is -2.30. The summed E-state index contributed by atoms with van der Waals surface area (Å²) in [5.74, 6) is -1.20. The number of nitrogens with zero attached hydrogens (tertiary/aromatic N) is 3. The minimum absolute atomic E-state index is 0.0521. The van der Waals surface area contributed by atoms with Crippen molar-refractivity contribution in [1.82, 2.24) is 0 Å². The molecule has 2 aromatic carbocycles. The topological polar surface area (TPSA) is 102 Å². The molecule has 0 atom stereocenters. The van der Waals surface area contributed by atoms with Gasteiger partial charge in [-0.05, 0) is 18.2 Å². The van der Waals surface area contributed by atoms with Crippen LogP contribution in [0.15, 0.2) is 48.5 Å². The number of rotatable bonds is 6. The molecule has 1 aliphatic heterocycles. The number of amides is 1. The molecule has 1 aliphatic rings. The van der Waals surface area contributed by atoms with Gasteiger partial charge in [-0.3, -0.25) is 14.9 Å². The minimum atomic E-state index is -0.787. The molecule has 1 amide bonds. The predicted octanol–water partition coefficient (Wildman–Crippen LogP) is 2.25. The van der Waals surface area contributed by atoms with Crippen molar-refractivity contribution in [2.45, 2.75) is 0 Å². The molecule has 0 saturated carbocycles. The standard InChI is InChI=1S/C20H21N3O6/c1-21(15-5-3-2-4-6-15)19(24)14-29-20(25)17-13-16(23(26)27)7-8-18(17)22-9-11-28-12-10-22/h2-8,13H,9-12,14H2,1H3. The molecule has 29 heavy (non-hydrogen) atoms. The van der Waals surface area contributed by atoms with Crippen LogP contribution >= 0.6 is 0 Å². The number of para-hydroxylation sites is 1. The molecule has 0 radical (unpaired) electrons. The summed E-state index contributed by atoms with van der Waals surface area (Å²) in [5, 5.41) is 11.1. The van der Waals surface area contributed by atoms with Gasteiger partial charge in [-0.15, -0.1) is 0 Å². The van der Waals surface area contributed by atoms with Gasteiger partial charge in [0.15, 0.2) is 6.61 Å². The first-order valence-corrected chi connectivity index (χ1v) is 9.07. The van der Waals surface area contributed by atoms with Crippen molar-refractivity contribution in [3.05, 3.63) is 64.2 Å². The van der Waals surface area contributed by atoms with Crippen molar-refractivity contribution in [2.24, 2.45) is 0 Å². The third-order valence-electron chi connectivity index (χ3n) is 4.61. The summed E-state index contributed by atoms with van der Waals surface area (Å²) in [5.41, 5.74) is 1.02. The van der Waals surface area contributed by atoms with E-state index in [0.717, 1.165) is 0 Å². The van der Waals surface area contributed by atoms with E-state index >= 15 is 0 Å². The van der Waals surface area contributed by atoms with Crippen molar-refractivity contribution < 1.29 is 24.0 Å². The lowest BCUT2D eigenvalue weighted by Crippen LogP contribution is -2.37. The second kappa shape index (κ2) is 9.16. The zero-order valence-electron chi connectivity index (χ0n) is 15.9. The molecule has 0 N–H and O–H groups in total. The Kier molecular flexibility index (Phi) is 6.40. The first-order valence-electron chi connectivity index (χ1n) is 9.07. The van der Waals surface area contributed by atoms with Crippen LogP contribution in [0.3, 0.4) is 0 Å². The van der Waals surface area contributed by atoms with Crippen molar-refractivity contribution in [2.75, 3.05) is 49.8 Å². The number of carbonyl (C=O) groups is 2. The van der Waals surface area contributed by atoms with Crippen LogP contribution < -0.4 is 9.80 Å². The van der Waals surface area contributed by atoms with E-state index in [1.165, 1.54) is 23.1 Å². The second-order valence-electron chi connectivity index (χ2n) is 6.42. The highest BCUT2D eigenvalue weighted by Crippen LogP contribution is 2.27. The zero-order valence-corrected chi connectivity index (χ0v) is 15.9. The fraction of sp³-hybridized carbons (Fsp3) is 0.300. The van der Waals surface area contributed by atoms with Crippen LogP contribution in [0.2, 0.25) is 0 Å². The number of ether oxygens (including phenoxy) is 2. The molecule has 3 rings (SSSR count).